The van der Waals surface area contributed by atoms with E-state index in [1.54, 1.807) is 17.7 Å². The van der Waals surface area contributed by atoms with Gasteiger partial charge in [-0.2, -0.15) is 21.0 Å². The van der Waals surface area contributed by atoms with Crippen LogP contribution in [0.3, 0.4) is 0 Å². The predicted octanol–water partition coefficient (Wildman–Crippen LogP) is 3.27. The zero-order chi connectivity index (χ0) is 12.5. The lowest BCUT2D eigenvalue weighted by Gasteiger charge is -2.15. The first-order chi connectivity index (χ1) is 8.74. The molecule has 0 bridgehead atoms. The normalized spacial score (nSPS) is 12.8. The molecule has 0 aliphatic carbocycles. The highest BCUT2D eigenvalue weighted by Crippen LogP contribution is 2.22. The smallest absolute Gasteiger partial charge is 0.157 e. The van der Waals surface area contributed by atoms with Crippen LogP contribution in [0.2, 0.25) is 0 Å². The van der Waals surface area contributed by atoms with Gasteiger partial charge in [0.2, 0.25) is 0 Å². The maximum atomic E-state index is 4.24. The molecule has 1 unspecified atom stereocenters. The van der Waals surface area contributed by atoms with Crippen molar-refractivity contribution in [2.45, 2.75) is 19.9 Å². The van der Waals surface area contributed by atoms with E-state index in [-0.39, 0.29) is 6.04 Å². The molecule has 0 spiro atoms. The lowest BCUT2D eigenvalue weighted by molar-refractivity contribution is 0.849. The molecule has 92 valence electrons. The Morgan fingerprint density at radius 1 is 1.39 bits per heavy atom. The number of anilines is 1. The second-order valence-electron chi connectivity index (χ2n) is 4.37. The Bertz CT molecular complexity index is 657. The summed E-state index contributed by atoms with van der Waals surface area (Å²) in [6, 6.07) is 6.50. The average molecular weight is 258 g/mol. The van der Waals surface area contributed by atoms with E-state index in [0.29, 0.717) is 0 Å². The first-order valence-corrected chi connectivity index (χ1v) is 6.77. The van der Waals surface area contributed by atoms with E-state index >= 15 is 0 Å². The first-order valence-electron chi connectivity index (χ1n) is 5.83. The molecule has 0 aromatic carbocycles. The minimum atomic E-state index is 0.255. The van der Waals surface area contributed by atoms with Gasteiger partial charge >= 0.3 is 0 Å². The molecular weight excluding hydrogens is 244 g/mol. The van der Waals surface area contributed by atoms with Gasteiger partial charge in [-0.25, -0.2) is 4.98 Å². The quantitative estimate of drug-likeness (QED) is 0.784. The van der Waals surface area contributed by atoms with Crippen LogP contribution in [0.4, 0.5) is 5.82 Å². The van der Waals surface area contributed by atoms with Gasteiger partial charge in [-0.05, 0) is 53.9 Å². The minimum Gasteiger partial charge on any atom is -0.363 e. The van der Waals surface area contributed by atoms with Crippen LogP contribution in [0.5, 0.6) is 0 Å². The number of nitrogens with one attached hydrogen (secondary N) is 1. The van der Waals surface area contributed by atoms with Crippen molar-refractivity contribution in [3.8, 4) is 0 Å². The maximum absolute atomic E-state index is 4.24. The van der Waals surface area contributed by atoms with Crippen molar-refractivity contribution in [2.24, 2.45) is 0 Å². The van der Waals surface area contributed by atoms with Crippen LogP contribution in [-0.4, -0.2) is 14.6 Å². The van der Waals surface area contributed by atoms with Crippen LogP contribution in [0.1, 0.15) is 24.1 Å². The standard InChI is InChI=1S/C13H14N4S/c1-9-5-12-14-8-15-17(12)13(6-9)16-10(2)11-3-4-18-7-11/h3-8,10,16H,1-2H3. The summed E-state index contributed by atoms with van der Waals surface area (Å²) >= 11 is 1.71. The van der Waals surface area contributed by atoms with Gasteiger partial charge in [0, 0.05) is 0 Å². The van der Waals surface area contributed by atoms with Crippen LogP contribution >= 0.6 is 11.3 Å². The molecule has 3 rings (SSSR count). The third-order valence-electron chi connectivity index (χ3n) is 2.93. The van der Waals surface area contributed by atoms with Gasteiger partial charge in [0.05, 0.1) is 6.04 Å². The molecule has 0 aliphatic heterocycles. The monoisotopic (exact) mass is 258 g/mol. The highest BCUT2D eigenvalue weighted by atomic mass is 32.1. The lowest BCUT2D eigenvalue weighted by Crippen LogP contribution is -2.09. The molecule has 1 N–H and O–H groups in total. The zero-order valence-corrected chi connectivity index (χ0v) is 11.1. The van der Waals surface area contributed by atoms with Gasteiger partial charge in [-0.15, -0.1) is 0 Å². The molecule has 0 fully saturated rings. The molecule has 3 aromatic heterocycles. The Labute approximate surface area is 109 Å². The molecular formula is C13H14N4S. The fourth-order valence-electron chi connectivity index (χ4n) is 1.99. The largest absolute Gasteiger partial charge is 0.363 e. The summed E-state index contributed by atoms with van der Waals surface area (Å²) < 4.78 is 1.83. The molecule has 5 heteroatoms. The van der Waals surface area contributed by atoms with Gasteiger partial charge in [0.1, 0.15) is 12.1 Å². The number of aromatic nitrogens is 3. The number of aryl methyl sites for hydroxylation is 1. The van der Waals surface area contributed by atoms with Crippen molar-refractivity contribution in [3.05, 3.63) is 46.4 Å². The topological polar surface area (TPSA) is 42.2 Å². The van der Waals surface area contributed by atoms with Crippen molar-refractivity contribution in [1.29, 1.82) is 0 Å². The average Bonchev–Trinajstić information content (AvgIpc) is 2.98. The van der Waals surface area contributed by atoms with E-state index < -0.39 is 0 Å². The van der Waals surface area contributed by atoms with Gasteiger partial charge in [-0.1, -0.05) is 0 Å². The van der Waals surface area contributed by atoms with Crippen LogP contribution in [0.25, 0.3) is 5.65 Å². The summed E-state index contributed by atoms with van der Waals surface area (Å²) in [6.07, 6.45) is 1.58. The van der Waals surface area contributed by atoms with Crippen molar-refractivity contribution in [2.75, 3.05) is 5.32 Å². The van der Waals surface area contributed by atoms with Gasteiger partial charge in [0.25, 0.3) is 0 Å². The van der Waals surface area contributed by atoms with E-state index in [9.17, 15) is 0 Å². The molecule has 3 aromatic rings. The maximum Gasteiger partial charge on any atom is 0.157 e. The van der Waals surface area contributed by atoms with Crippen molar-refractivity contribution >= 4 is 22.8 Å². The summed E-state index contributed by atoms with van der Waals surface area (Å²) in [4.78, 5) is 4.22. The molecule has 0 amide bonds. The molecule has 0 saturated carbocycles. The lowest BCUT2D eigenvalue weighted by atomic mass is 10.2. The number of hydrogen-bond donors (Lipinski definition) is 1. The minimum absolute atomic E-state index is 0.255. The Kier molecular flexibility index (Phi) is 2.76. The van der Waals surface area contributed by atoms with Gasteiger partial charge in [0.15, 0.2) is 5.65 Å². The summed E-state index contributed by atoms with van der Waals surface area (Å²) in [6.45, 7) is 4.21. The molecule has 3 heterocycles. The molecule has 0 aliphatic rings. The fraction of sp³-hybridized carbons (Fsp3) is 0.231. The highest BCUT2D eigenvalue weighted by Gasteiger charge is 2.09. The summed E-state index contributed by atoms with van der Waals surface area (Å²) in [5.74, 6) is 0.973. The van der Waals surface area contributed by atoms with Crippen LogP contribution in [0, 0.1) is 6.92 Å². The number of rotatable bonds is 3. The first kappa shape index (κ1) is 11.2. The highest BCUT2D eigenvalue weighted by molar-refractivity contribution is 7.07. The SMILES string of the molecule is Cc1cc(NC(C)c2ccsc2)n2ncnc2c1. The third-order valence-corrected chi connectivity index (χ3v) is 3.63. The van der Waals surface area contributed by atoms with Crippen LogP contribution in [-0.2, 0) is 0 Å². The van der Waals surface area contributed by atoms with E-state index in [1.807, 2.05) is 10.6 Å². The Hall–Kier alpha value is -1.88. The second kappa shape index (κ2) is 4.42. The summed E-state index contributed by atoms with van der Waals surface area (Å²) in [5.41, 5.74) is 3.33. The Balaban J connectivity index is 1.97. The number of nitrogens with zero attached hydrogens (tertiary/aromatic N) is 3. The summed E-state index contributed by atoms with van der Waals surface area (Å²) in [5, 5.41) is 12.0. The second-order valence-corrected chi connectivity index (χ2v) is 5.15. The van der Waals surface area contributed by atoms with E-state index in [0.717, 1.165) is 11.5 Å². The van der Waals surface area contributed by atoms with E-state index in [2.05, 4.69) is 52.1 Å². The number of thiophene rings is 1. The van der Waals surface area contributed by atoms with Crippen LogP contribution < -0.4 is 5.32 Å². The van der Waals surface area contributed by atoms with Gasteiger partial charge in [-0.3, -0.25) is 0 Å². The summed E-state index contributed by atoms with van der Waals surface area (Å²) in [7, 11) is 0. The number of fused-ring (bicyclic) bond motifs is 1. The van der Waals surface area contributed by atoms with Crippen LogP contribution in [0.15, 0.2) is 35.3 Å². The van der Waals surface area contributed by atoms with Gasteiger partial charge < -0.3 is 5.32 Å². The van der Waals surface area contributed by atoms with Crippen molar-refractivity contribution in [1.82, 2.24) is 14.6 Å². The molecule has 0 saturated heterocycles. The zero-order valence-electron chi connectivity index (χ0n) is 10.3. The van der Waals surface area contributed by atoms with E-state index in [1.165, 1.54) is 11.1 Å². The number of hydrogen-bond acceptors (Lipinski definition) is 4. The predicted molar refractivity (Wildman–Crippen MR) is 74.1 cm³/mol. The molecule has 1 atom stereocenters. The fourth-order valence-corrected chi connectivity index (χ4v) is 2.74. The Morgan fingerprint density at radius 3 is 3.06 bits per heavy atom. The molecule has 4 nitrogen and oxygen atoms in total. The van der Waals surface area contributed by atoms with Crippen molar-refractivity contribution in [3.63, 3.8) is 0 Å². The van der Waals surface area contributed by atoms with Crippen molar-refractivity contribution < 1.29 is 0 Å². The van der Waals surface area contributed by atoms with E-state index in [4.69, 9.17) is 0 Å². The Morgan fingerprint density at radius 2 is 2.28 bits per heavy atom. The third kappa shape index (κ3) is 1.97. The molecule has 18 heavy (non-hydrogen) atoms. The molecule has 0 radical (unpaired) electrons. The number of pyridine rings is 1.